The van der Waals surface area contributed by atoms with Gasteiger partial charge in [-0.25, -0.2) is 0 Å². The van der Waals surface area contributed by atoms with Gasteiger partial charge in [0.05, 0.1) is 31.2 Å². The van der Waals surface area contributed by atoms with Gasteiger partial charge in [-0.1, -0.05) is 12.2 Å². The molecule has 1 aliphatic heterocycles. The van der Waals surface area contributed by atoms with Gasteiger partial charge in [0.25, 0.3) is 0 Å². The first-order valence-electron chi connectivity index (χ1n) is 8.05. The maximum absolute atomic E-state index is 12.7. The number of rotatable bonds is 3. The van der Waals surface area contributed by atoms with Crippen LogP contribution in [0.5, 0.6) is 5.75 Å². The Labute approximate surface area is 135 Å². The molecule has 4 rings (SSSR count). The Kier molecular flexibility index (Phi) is 3.08. The molecule has 1 saturated heterocycles. The van der Waals surface area contributed by atoms with Crippen molar-refractivity contribution < 1.29 is 14.3 Å². The number of nitrogens with zero attached hydrogens (tertiary/aromatic N) is 2. The van der Waals surface area contributed by atoms with Crippen LogP contribution in [0.15, 0.2) is 18.3 Å². The van der Waals surface area contributed by atoms with E-state index in [1.165, 1.54) is 4.90 Å². The molecule has 2 aliphatic carbocycles. The fourth-order valence-electron chi connectivity index (χ4n) is 4.50. The molecule has 4 unspecified atom stereocenters. The van der Waals surface area contributed by atoms with Crippen LogP contribution in [0.1, 0.15) is 23.2 Å². The van der Waals surface area contributed by atoms with Gasteiger partial charge < -0.3 is 4.74 Å². The molecule has 0 radical (unpaired) electrons. The van der Waals surface area contributed by atoms with Gasteiger partial charge in [0.2, 0.25) is 11.8 Å². The van der Waals surface area contributed by atoms with Crippen molar-refractivity contribution in [1.82, 2.24) is 9.88 Å². The lowest BCUT2D eigenvalue weighted by Crippen LogP contribution is -2.33. The number of aromatic nitrogens is 1. The summed E-state index contributed by atoms with van der Waals surface area (Å²) in [7, 11) is 1.62. The van der Waals surface area contributed by atoms with E-state index < -0.39 is 0 Å². The number of aryl methyl sites for hydroxylation is 1. The summed E-state index contributed by atoms with van der Waals surface area (Å²) in [5.74, 6) is 0.905. The Morgan fingerprint density at radius 2 is 1.78 bits per heavy atom. The fraction of sp³-hybridized carbons (Fsp3) is 0.500. The first kappa shape index (κ1) is 14.4. The topological polar surface area (TPSA) is 59.5 Å². The molecule has 2 bridgehead atoms. The molecule has 1 aromatic heterocycles. The van der Waals surface area contributed by atoms with Gasteiger partial charge in [-0.15, -0.1) is 0 Å². The summed E-state index contributed by atoms with van der Waals surface area (Å²) >= 11 is 0. The van der Waals surface area contributed by atoms with Crippen LogP contribution in [0, 0.1) is 37.5 Å². The number of hydrogen-bond donors (Lipinski definition) is 0. The van der Waals surface area contributed by atoms with E-state index in [4.69, 9.17) is 4.74 Å². The van der Waals surface area contributed by atoms with Crippen LogP contribution in [0.3, 0.4) is 0 Å². The summed E-state index contributed by atoms with van der Waals surface area (Å²) < 4.78 is 5.41. The van der Waals surface area contributed by atoms with E-state index in [1.807, 2.05) is 13.8 Å². The minimum absolute atomic E-state index is 0.0300. The summed E-state index contributed by atoms with van der Waals surface area (Å²) in [4.78, 5) is 31.3. The number of imide groups is 1. The standard InChI is InChI=1S/C18H20N2O3/c1-9-7-19-13(10(2)16(9)23-3)8-20-17(21)14-11-4-5-12(6-11)15(14)18(20)22/h4-5,7,11-12,14-15H,6,8H2,1-3H3. The number of ether oxygens (including phenoxy) is 1. The number of amides is 2. The third-order valence-corrected chi connectivity index (χ3v) is 5.62. The number of pyridine rings is 1. The molecule has 2 amide bonds. The molecule has 2 heterocycles. The highest BCUT2D eigenvalue weighted by Crippen LogP contribution is 2.52. The van der Waals surface area contributed by atoms with E-state index in [1.54, 1.807) is 13.3 Å². The highest BCUT2D eigenvalue weighted by atomic mass is 16.5. The van der Waals surface area contributed by atoms with Gasteiger partial charge in [-0.3, -0.25) is 19.5 Å². The average Bonchev–Trinajstić information content (AvgIpc) is 3.19. The first-order valence-corrected chi connectivity index (χ1v) is 8.05. The fourth-order valence-corrected chi connectivity index (χ4v) is 4.50. The van der Waals surface area contributed by atoms with Gasteiger partial charge in [0.1, 0.15) is 5.75 Å². The Morgan fingerprint density at radius 3 is 2.35 bits per heavy atom. The predicted molar refractivity (Wildman–Crippen MR) is 83.5 cm³/mol. The van der Waals surface area contributed by atoms with E-state index in [2.05, 4.69) is 17.1 Å². The van der Waals surface area contributed by atoms with Gasteiger partial charge in [0, 0.05) is 17.3 Å². The highest BCUT2D eigenvalue weighted by molar-refractivity contribution is 6.06. The van der Waals surface area contributed by atoms with E-state index in [-0.39, 0.29) is 42.0 Å². The van der Waals surface area contributed by atoms with Crippen molar-refractivity contribution in [3.8, 4) is 5.75 Å². The maximum Gasteiger partial charge on any atom is 0.234 e. The Balaban J connectivity index is 1.64. The molecule has 0 aromatic carbocycles. The molecule has 2 fully saturated rings. The van der Waals surface area contributed by atoms with Crippen molar-refractivity contribution in [2.45, 2.75) is 26.8 Å². The van der Waals surface area contributed by atoms with E-state index in [0.29, 0.717) is 0 Å². The molecular formula is C18H20N2O3. The van der Waals surface area contributed by atoms with Crippen molar-refractivity contribution in [3.63, 3.8) is 0 Å². The molecule has 3 aliphatic rings. The number of fused-ring (bicyclic) bond motifs is 5. The van der Waals surface area contributed by atoms with Gasteiger partial charge >= 0.3 is 0 Å². The maximum atomic E-state index is 12.7. The molecule has 0 N–H and O–H groups in total. The number of likely N-dealkylation sites (tertiary alicyclic amines) is 1. The first-order chi connectivity index (χ1) is 11.0. The minimum Gasteiger partial charge on any atom is -0.496 e. The largest absolute Gasteiger partial charge is 0.496 e. The summed E-state index contributed by atoms with van der Waals surface area (Å²) in [5, 5.41) is 0. The van der Waals surface area contributed by atoms with Crippen LogP contribution < -0.4 is 4.74 Å². The van der Waals surface area contributed by atoms with Crippen molar-refractivity contribution in [1.29, 1.82) is 0 Å². The van der Waals surface area contributed by atoms with Crippen LogP contribution in [0.4, 0.5) is 0 Å². The predicted octanol–water partition coefficient (Wildman–Crippen LogP) is 2.01. The van der Waals surface area contributed by atoms with Crippen LogP contribution >= 0.6 is 0 Å². The van der Waals surface area contributed by atoms with E-state index in [9.17, 15) is 9.59 Å². The average molecular weight is 312 g/mol. The van der Waals surface area contributed by atoms with E-state index >= 15 is 0 Å². The molecule has 120 valence electrons. The molecule has 0 spiro atoms. The van der Waals surface area contributed by atoms with Gasteiger partial charge in [0.15, 0.2) is 0 Å². The van der Waals surface area contributed by atoms with Crippen molar-refractivity contribution in [2.24, 2.45) is 23.7 Å². The van der Waals surface area contributed by atoms with Crippen LogP contribution in [-0.2, 0) is 16.1 Å². The van der Waals surface area contributed by atoms with Crippen LogP contribution in [-0.4, -0.2) is 28.8 Å². The quantitative estimate of drug-likeness (QED) is 0.633. The summed E-state index contributed by atoms with van der Waals surface area (Å²) in [6.07, 6.45) is 6.91. The molecular weight excluding hydrogens is 292 g/mol. The second kappa shape index (κ2) is 4.91. The number of carbonyl (C=O) groups excluding carboxylic acids is 2. The zero-order valence-corrected chi connectivity index (χ0v) is 13.6. The number of carbonyl (C=O) groups is 2. The number of hydrogen-bond acceptors (Lipinski definition) is 4. The highest BCUT2D eigenvalue weighted by Gasteiger charge is 2.59. The lowest BCUT2D eigenvalue weighted by molar-refractivity contribution is -0.141. The smallest absolute Gasteiger partial charge is 0.234 e. The summed E-state index contributed by atoms with van der Waals surface area (Å²) in [6.45, 7) is 4.10. The third kappa shape index (κ3) is 1.89. The molecule has 1 saturated carbocycles. The van der Waals surface area contributed by atoms with Crippen LogP contribution in [0.2, 0.25) is 0 Å². The van der Waals surface area contributed by atoms with Gasteiger partial charge in [-0.2, -0.15) is 0 Å². The SMILES string of the molecule is COc1c(C)cnc(CN2C(=O)C3C4C=CC(C4)C3C2=O)c1C. The number of allylic oxidation sites excluding steroid dienone is 2. The normalized spacial score (nSPS) is 31.2. The van der Waals surface area contributed by atoms with Crippen molar-refractivity contribution in [3.05, 3.63) is 35.2 Å². The molecule has 5 nitrogen and oxygen atoms in total. The van der Waals surface area contributed by atoms with Gasteiger partial charge in [-0.05, 0) is 32.1 Å². The van der Waals surface area contributed by atoms with E-state index in [0.717, 1.165) is 29.0 Å². The number of methoxy groups -OCH3 is 1. The Morgan fingerprint density at radius 1 is 1.17 bits per heavy atom. The van der Waals surface area contributed by atoms with Crippen molar-refractivity contribution in [2.75, 3.05) is 7.11 Å². The Bertz CT molecular complexity index is 710. The minimum atomic E-state index is -0.148. The Hall–Kier alpha value is -2.17. The third-order valence-electron chi connectivity index (χ3n) is 5.62. The lowest BCUT2D eigenvalue weighted by Gasteiger charge is -2.19. The second-order valence-electron chi connectivity index (χ2n) is 6.81. The molecule has 5 heteroatoms. The zero-order valence-electron chi connectivity index (χ0n) is 13.6. The zero-order chi connectivity index (χ0) is 16.3. The monoisotopic (exact) mass is 312 g/mol. The summed E-state index contributed by atoms with van der Waals surface area (Å²) in [5.41, 5.74) is 2.58. The molecule has 23 heavy (non-hydrogen) atoms. The second-order valence-corrected chi connectivity index (χ2v) is 6.81. The molecule has 4 atom stereocenters. The van der Waals surface area contributed by atoms with Crippen LogP contribution in [0.25, 0.3) is 0 Å². The molecule has 1 aromatic rings. The lowest BCUT2D eigenvalue weighted by atomic mass is 9.85. The van der Waals surface area contributed by atoms with Crippen molar-refractivity contribution >= 4 is 11.8 Å². The summed E-state index contributed by atoms with van der Waals surface area (Å²) in [6, 6.07) is 0.